The molecule has 1 fully saturated rings. The predicted molar refractivity (Wildman–Crippen MR) is 53.3 cm³/mol. The van der Waals surface area contributed by atoms with Crippen LogP contribution in [0.3, 0.4) is 0 Å². The van der Waals surface area contributed by atoms with Gasteiger partial charge in [-0.25, -0.2) is 4.98 Å². The zero-order chi connectivity index (χ0) is 9.80. The highest BCUT2D eigenvalue weighted by atomic mass is 16.5. The second-order valence-corrected chi connectivity index (χ2v) is 3.62. The van der Waals surface area contributed by atoms with Gasteiger partial charge >= 0.3 is 0 Å². The van der Waals surface area contributed by atoms with Crippen LogP contribution >= 0.6 is 0 Å². The second kappa shape index (κ2) is 4.37. The van der Waals surface area contributed by atoms with E-state index in [0.717, 1.165) is 25.2 Å². The molecule has 1 aromatic heterocycles. The molecule has 76 valence electrons. The molecule has 2 rings (SSSR count). The molecule has 0 aliphatic carbocycles. The molecule has 1 unspecified atom stereocenters. The molecule has 4 nitrogen and oxygen atoms in total. The average molecular weight is 193 g/mol. The van der Waals surface area contributed by atoms with Crippen LogP contribution in [-0.2, 0) is 6.42 Å². The van der Waals surface area contributed by atoms with Crippen molar-refractivity contribution in [1.82, 2.24) is 15.3 Å². The lowest BCUT2D eigenvalue weighted by Crippen LogP contribution is -2.11. The van der Waals surface area contributed by atoms with Gasteiger partial charge in [-0.1, -0.05) is 0 Å². The van der Waals surface area contributed by atoms with E-state index >= 15 is 0 Å². The van der Waals surface area contributed by atoms with Crippen molar-refractivity contribution in [2.24, 2.45) is 5.92 Å². The van der Waals surface area contributed by atoms with E-state index in [2.05, 4.69) is 15.3 Å². The number of aromatic nitrogens is 2. The summed E-state index contributed by atoms with van der Waals surface area (Å²) in [6.07, 6.45) is 5.69. The van der Waals surface area contributed by atoms with E-state index in [4.69, 9.17) is 4.74 Å². The summed E-state index contributed by atoms with van der Waals surface area (Å²) in [4.78, 5) is 8.43. The topological polar surface area (TPSA) is 47.0 Å². The van der Waals surface area contributed by atoms with E-state index in [1.807, 2.05) is 6.20 Å². The van der Waals surface area contributed by atoms with Crippen LogP contribution in [0.4, 0.5) is 0 Å². The van der Waals surface area contributed by atoms with E-state index in [-0.39, 0.29) is 0 Å². The zero-order valence-corrected chi connectivity index (χ0v) is 8.36. The molecule has 0 aromatic carbocycles. The largest absolute Gasteiger partial charge is 0.480 e. The summed E-state index contributed by atoms with van der Waals surface area (Å²) in [5.41, 5.74) is 1.03. The van der Waals surface area contributed by atoms with Crippen molar-refractivity contribution in [3.8, 4) is 5.88 Å². The Balaban J connectivity index is 2.00. The number of nitrogens with zero attached hydrogens (tertiary/aromatic N) is 2. The minimum atomic E-state index is 0.605. The first kappa shape index (κ1) is 9.40. The number of methoxy groups -OCH3 is 1. The van der Waals surface area contributed by atoms with Gasteiger partial charge < -0.3 is 10.1 Å². The van der Waals surface area contributed by atoms with Crippen LogP contribution in [0.25, 0.3) is 0 Å². The van der Waals surface area contributed by atoms with Crippen LogP contribution in [0, 0.1) is 5.92 Å². The Bertz CT molecular complexity index is 297. The summed E-state index contributed by atoms with van der Waals surface area (Å²) in [6.45, 7) is 2.22. The Morgan fingerprint density at radius 3 is 3.21 bits per heavy atom. The number of ether oxygens (including phenoxy) is 1. The van der Waals surface area contributed by atoms with E-state index in [1.165, 1.54) is 6.42 Å². The van der Waals surface area contributed by atoms with Gasteiger partial charge in [-0.2, -0.15) is 0 Å². The third kappa shape index (κ3) is 2.20. The fourth-order valence-corrected chi connectivity index (χ4v) is 1.77. The Labute approximate surface area is 83.7 Å². The summed E-state index contributed by atoms with van der Waals surface area (Å²) in [5.74, 6) is 1.31. The number of hydrogen-bond acceptors (Lipinski definition) is 4. The molecule has 14 heavy (non-hydrogen) atoms. The fourth-order valence-electron chi connectivity index (χ4n) is 1.77. The quantitative estimate of drug-likeness (QED) is 0.765. The number of hydrogen-bond donors (Lipinski definition) is 1. The van der Waals surface area contributed by atoms with Gasteiger partial charge in [-0.15, -0.1) is 0 Å². The molecular weight excluding hydrogens is 178 g/mol. The smallest absolute Gasteiger partial charge is 0.232 e. The van der Waals surface area contributed by atoms with Crippen molar-refractivity contribution in [2.75, 3.05) is 20.2 Å². The van der Waals surface area contributed by atoms with Crippen molar-refractivity contribution in [2.45, 2.75) is 12.8 Å². The zero-order valence-electron chi connectivity index (χ0n) is 8.36. The van der Waals surface area contributed by atoms with Gasteiger partial charge in [0.1, 0.15) is 0 Å². The summed E-state index contributed by atoms with van der Waals surface area (Å²) in [6, 6.07) is 0. The van der Waals surface area contributed by atoms with Gasteiger partial charge in [0.2, 0.25) is 5.88 Å². The molecule has 1 N–H and O–H groups in total. The lowest BCUT2D eigenvalue weighted by Gasteiger charge is -2.07. The molecule has 1 aliphatic rings. The molecule has 1 saturated heterocycles. The molecule has 1 aliphatic heterocycles. The summed E-state index contributed by atoms with van der Waals surface area (Å²) >= 11 is 0. The minimum Gasteiger partial charge on any atom is -0.480 e. The Hall–Kier alpha value is -1.16. The molecule has 0 spiro atoms. The van der Waals surface area contributed by atoms with Crippen molar-refractivity contribution in [1.29, 1.82) is 0 Å². The maximum absolute atomic E-state index is 5.03. The van der Waals surface area contributed by atoms with E-state index in [9.17, 15) is 0 Å². The third-order valence-electron chi connectivity index (χ3n) is 2.53. The van der Waals surface area contributed by atoms with Crippen LogP contribution in [0.2, 0.25) is 0 Å². The first-order chi connectivity index (χ1) is 6.88. The van der Waals surface area contributed by atoms with Crippen LogP contribution in [0.1, 0.15) is 12.1 Å². The Kier molecular flexibility index (Phi) is 2.93. The maximum Gasteiger partial charge on any atom is 0.232 e. The molecule has 2 heterocycles. The first-order valence-corrected chi connectivity index (χ1v) is 4.94. The summed E-state index contributed by atoms with van der Waals surface area (Å²) in [5, 5.41) is 3.34. The molecule has 0 bridgehead atoms. The highest BCUT2D eigenvalue weighted by Gasteiger charge is 2.15. The van der Waals surface area contributed by atoms with Gasteiger partial charge in [0.15, 0.2) is 0 Å². The normalized spacial score (nSPS) is 21.1. The van der Waals surface area contributed by atoms with E-state index in [1.54, 1.807) is 13.3 Å². The summed E-state index contributed by atoms with van der Waals surface area (Å²) in [7, 11) is 1.62. The van der Waals surface area contributed by atoms with Crippen LogP contribution in [0.5, 0.6) is 5.88 Å². The Morgan fingerprint density at radius 1 is 1.57 bits per heavy atom. The average Bonchev–Trinajstić information content (AvgIpc) is 2.71. The summed E-state index contributed by atoms with van der Waals surface area (Å²) < 4.78 is 5.03. The van der Waals surface area contributed by atoms with Gasteiger partial charge in [-0.3, -0.25) is 4.98 Å². The van der Waals surface area contributed by atoms with Crippen LogP contribution in [-0.4, -0.2) is 30.2 Å². The molecule has 0 saturated carbocycles. The van der Waals surface area contributed by atoms with Crippen LogP contribution < -0.4 is 10.1 Å². The highest BCUT2D eigenvalue weighted by molar-refractivity contribution is 5.08. The van der Waals surface area contributed by atoms with Crippen molar-refractivity contribution in [3.05, 3.63) is 18.1 Å². The molecule has 1 atom stereocenters. The SMILES string of the molecule is COc1cncc(CC2CCNC2)n1. The molecule has 0 amide bonds. The Morgan fingerprint density at radius 2 is 2.50 bits per heavy atom. The number of rotatable bonds is 3. The second-order valence-electron chi connectivity index (χ2n) is 3.62. The van der Waals surface area contributed by atoms with Gasteiger partial charge in [0.05, 0.1) is 19.0 Å². The van der Waals surface area contributed by atoms with Crippen molar-refractivity contribution < 1.29 is 4.74 Å². The molecule has 0 radical (unpaired) electrons. The van der Waals surface area contributed by atoms with Crippen molar-refractivity contribution >= 4 is 0 Å². The molecular formula is C10H15N3O. The highest BCUT2D eigenvalue weighted by Crippen LogP contribution is 2.14. The predicted octanol–water partition coefficient (Wildman–Crippen LogP) is 0.637. The van der Waals surface area contributed by atoms with E-state index in [0.29, 0.717) is 11.8 Å². The van der Waals surface area contributed by atoms with Gasteiger partial charge in [0, 0.05) is 6.20 Å². The fraction of sp³-hybridized carbons (Fsp3) is 0.600. The first-order valence-electron chi connectivity index (χ1n) is 4.94. The standard InChI is InChI=1S/C10H15N3O/c1-14-10-7-12-6-9(13-10)4-8-2-3-11-5-8/h6-8,11H,2-5H2,1H3. The maximum atomic E-state index is 5.03. The van der Waals surface area contributed by atoms with Gasteiger partial charge in [0.25, 0.3) is 0 Å². The van der Waals surface area contributed by atoms with Crippen molar-refractivity contribution in [3.63, 3.8) is 0 Å². The van der Waals surface area contributed by atoms with E-state index < -0.39 is 0 Å². The third-order valence-corrected chi connectivity index (χ3v) is 2.53. The lowest BCUT2D eigenvalue weighted by molar-refractivity contribution is 0.392. The minimum absolute atomic E-state index is 0.605. The van der Waals surface area contributed by atoms with Crippen LogP contribution in [0.15, 0.2) is 12.4 Å². The molecule has 4 heteroatoms. The van der Waals surface area contributed by atoms with Gasteiger partial charge in [-0.05, 0) is 31.8 Å². The number of nitrogens with one attached hydrogen (secondary N) is 1. The lowest BCUT2D eigenvalue weighted by atomic mass is 10.0. The molecule has 1 aromatic rings. The monoisotopic (exact) mass is 193 g/mol.